The Morgan fingerprint density at radius 3 is 2.59 bits per heavy atom. The molecule has 0 saturated heterocycles. The molecule has 3 aromatic rings. The van der Waals surface area contributed by atoms with Crippen molar-refractivity contribution in [3.8, 4) is 11.4 Å². The Labute approximate surface area is 156 Å². The van der Waals surface area contributed by atoms with Gasteiger partial charge in [-0.05, 0) is 49.1 Å². The second-order valence-electron chi connectivity index (χ2n) is 6.66. The number of hydrogen-bond acceptors (Lipinski definition) is 4. The van der Waals surface area contributed by atoms with E-state index in [1.807, 2.05) is 6.07 Å². The molecular formula is C19H19FN4O2S. The van der Waals surface area contributed by atoms with Crippen LogP contribution in [0, 0.1) is 5.82 Å². The molecule has 0 atom stereocenters. The van der Waals surface area contributed by atoms with Gasteiger partial charge in [0.1, 0.15) is 11.6 Å². The number of aromatic nitrogens is 3. The van der Waals surface area contributed by atoms with Gasteiger partial charge in [-0.25, -0.2) is 17.8 Å². The van der Waals surface area contributed by atoms with E-state index in [2.05, 4.69) is 19.9 Å². The number of nitrogens with one attached hydrogen (secondary N) is 2. The molecule has 0 bridgehead atoms. The molecule has 1 aliphatic rings. The normalized spacial score (nSPS) is 14.3. The Hall–Kier alpha value is -2.74. The number of aryl methyl sites for hydroxylation is 1. The monoisotopic (exact) mass is 386 g/mol. The lowest BCUT2D eigenvalue weighted by molar-refractivity contribution is 0.600. The molecular weight excluding hydrogens is 367 g/mol. The zero-order valence-corrected chi connectivity index (χ0v) is 15.3. The highest BCUT2D eigenvalue weighted by molar-refractivity contribution is 7.92. The Balaban J connectivity index is 1.50. The van der Waals surface area contributed by atoms with Crippen molar-refractivity contribution in [2.45, 2.75) is 25.2 Å². The summed E-state index contributed by atoms with van der Waals surface area (Å²) in [7, 11) is -3.58. The highest BCUT2D eigenvalue weighted by Gasteiger charge is 2.27. The van der Waals surface area contributed by atoms with Crippen LogP contribution in [-0.2, 0) is 16.4 Å². The highest BCUT2D eigenvalue weighted by Crippen LogP contribution is 2.38. The van der Waals surface area contributed by atoms with Crippen LogP contribution in [0.4, 0.5) is 10.1 Å². The largest absolute Gasteiger partial charge is 0.283 e. The molecule has 0 aliphatic heterocycles. The molecule has 2 N–H and O–H groups in total. The van der Waals surface area contributed by atoms with Gasteiger partial charge in [0.2, 0.25) is 10.0 Å². The number of H-pyrrole nitrogens is 1. The van der Waals surface area contributed by atoms with Crippen molar-refractivity contribution in [2.24, 2.45) is 0 Å². The van der Waals surface area contributed by atoms with Crippen LogP contribution in [0.15, 0.2) is 48.5 Å². The van der Waals surface area contributed by atoms with Gasteiger partial charge >= 0.3 is 0 Å². The summed E-state index contributed by atoms with van der Waals surface area (Å²) in [6.07, 6.45) is 2.50. The smallest absolute Gasteiger partial charge is 0.233 e. The van der Waals surface area contributed by atoms with E-state index >= 15 is 0 Å². The number of sulfonamides is 1. The third kappa shape index (κ3) is 4.33. The molecule has 2 aromatic carbocycles. The Kier molecular flexibility index (Phi) is 4.65. The molecule has 0 spiro atoms. The van der Waals surface area contributed by atoms with Crippen LogP contribution in [0.3, 0.4) is 0 Å². The Morgan fingerprint density at radius 2 is 1.85 bits per heavy atom. The molecule has 0 radical (unpaired) electrons. The zero-order valence-electron chi connectivity index (χ0n) is 14.5. The van der Waals surface area contributed by atoms with Crippen molar-refractivity contribution in [1.82, 2.24) is 15.2 Å². The van der Waals surface area contributed by atoms with Gasteiger partial charge in [-0.1, -0.05) is 24.3 Å². The van der Waals surface area contributed by atoms with Gasteiger partial charge in [0.15, 0.2) is 5.82 Å². The summed E-state index contributed by atoms with van der Waals surface area (Å²) in [6.45, 7) is 0. The van der Waals surface area contributed by atoms with Crippen molar-refractivity contribution in [2.75, 3.05) is 10.5 Å². The molecule has 8 heteroatoms. The third-order valence-electron chi connectivity index (χ3n) is 4.47. The lowest BCUT2D eigenvalue weighted by Gasteiger charge is -2.11. The number of aromatic amines is 1. The SMILES string of the molecule is O=S(=O)(CCc1ccc(F)cc1)Nc1ccccc1-c1n[nH]c(C2CC2)n1. The second kappa shape index (κ2) is 7.11. The summed E-state index contributed by atoms with van der Waals surface area (Å²) in [4.78, 5) is 4.50. The maximum atomic E-state index is 13.0. The molecule has 1 heterocycles. The van der Waals surface area contributed by atoms with Gasteiger partial charge in [-0.3, -0.25) is 9.82 Å². The van der Waals surface area contributed by atoms with Gasteiger partial charge in [0.05, 0.1) is 11.4 Å². The van der Waals surface area contributed by atoms with E-state index in [0.717, 1.165) is 24.2 Å². The number of anilines is 1. The lowest BCUT2D eigenvalue weighted by atomic mass is 10.2. The average molecular weight is 386 g/mol. The van der Waals surface area contributed by atoms with Gasteiger partial charge in [-0.2, -0.15) is 5.10 Å². The van der Waals surface area contributed by atoms with Gasteiger partial charge in [0, 0.05) is 11.5 Å². The Bertz CT molecular complexity index is 1040. The fraction of sp³-hybridized carbons (Fsp3) is 0.263. The van der Waals surface area contributed by atoms with E-state index in [1.165, 1.54) is 12.1 Å². The van der Waals surface area contributed by atoms with E-state index in [4.69, 9.17) is 0 Å². The van der Waals surface area contributed by atoms with Gasteiger partial charge in [0.25, 0.3) is 0 Å². The second-order valence-corrected chi connectivity index (χ2v) is 8.50. The molecule has 6 nitrogen and oxygen atoms in total. The minimum absolute atomic E-state index is 0.103. The van der Waals surface area contributed by atoms with Crippen molar-refractivity contribution in [1.29, 1.82) is 0 Å². The van der Waals surface area contributed by atoms with Crippen molar-refractivity contribution in [3.05, 3.63) is 65.7 Å². The minimum atomic E-state index is -3.58. The van der Waals surface area contributed by atoms with Crippen LogP contribution >= 0.6 is 0 Å². The standard InChI is InChI=1S/C19H19FN4O2S/c20-15-9-5-13(6-10-15)11-12-27(25,26)24-17-4-2-1-3-16(17)19-21-18(22-23-19)14-7-8-14/h1-6,9-10,14,24H,7-8,11-12H2,(H,21,22,23). The highest BCUT2D eigenvalue weighted by atomic mass is 32.2. The summed E-state index contributed by atoms with van der Waals surface area (Å²) in [5.74, 6) is 1.32. The number of hydrogen-bond donors (Lipinski definition) is 2. The van der Waals surface area contributed by atoms with E-state index in [1.54, 1.807) is 30.3 Å². The molecule has 4 rings (SSSR count). The number of para-hydroxylation sites is 1. The first-order valence-electron chi connectivity index (χ1n) is 8.77. The molecule has 0 amide bonds. The first-order valence-corrected chi connectivity index (χ1v) is 10.4. The van der Waals surface area contributed by atoms with Crippen molar-refractivity contribution >= 4 is 15.7 Å². The number of nitrogens with zero attached hydrogens (tertiary/aromatic N) is 2. The van der Waals surface area contributed by atoms with Crippen LogP contribution in [-0.4, -0.2) is 29.4 Å². The molecule has 0 unspecified atom stereocenters. The molecule has 140 valence electrons. The van der Waals surface area contributed by atoms with E-state index in [9.17, 15) is 12.8 Å². The first-order chi connectivity index (χ1) is 13.0. The van der Waals surface area contributed by atoms with Crippen molar-refractivity contribution in [3.63, 3.8) is 0 Å². The number of benzene rings is 2. The predicted octanol–water partition coefficient (Wildman–Crippen LogP) is 3.47. The summed E-state index contributed by atoms with van der Waals surface area (Å²) in [6, 6.07) is 12.9. The third-order valence-corrected chi connectivity index (χ3v) is 5.75. The Morgan fingerprint density at radius 1 is 1.11 bits per heavy atom. The number of halogens is 1. The molecule has 1 aromatic heterocycles. The van der Waals surface area contributed by atoms with Crippen LogP contribution < -0.4 is 4.72 Å². The van der Waals surface area contributed by atoms with Crippen LogP contribution in [0.25, 0.3) is 11.4 Å². The zero-order chi connectivity index (χ0) is 18.9. The van der Waals surface area contributed by atoms with Crippen LogP contribution in [0.5, 0.6) is 0 Å². The quantitative estimate of drug-likeness (QED) is 0.651. The maximum Gasteiger partial charge on any atom is 0.233 e. The predicted molar refractivity (Wildman–Crippen MR) is 101 cm³/mol. The topological polar surface area (TPSA) is 87.7 Å². The summed E-state index contributed by atoms with van der Waals surface area (Å²) >= 11 is 0. The first kappa shape index (κ1) is 17.7. The molecule has 1 aliphatic carbocycles. The van der Waals surface area contributed by atoms with Gasteiger partial charge < -0.3 is 0 Å². The van der Waals surface area contributed by atoms with Crippen LogP contribution in [0.1, 0.15) is 30.1 Å². The average Bonchev–Trinajstić information content (AvgIpc) is 3.39. The van der Waals surface area contributed by atoms with E-state index < -0.39 is 10.0 Å². The summed E-state index contributed by atoms with van der Waals surface area (Å²) in [5, 5.41) is 7.17. The molecule has 1 fully saturated rings. The summed E-state index contributed by atoms with van der Waals surface area (Å²) in [5.41, 5.74) is 1.84. The fourth-order valence-corrected chi connectivity index (χ4v) is 3.94. The van der Waals surface area contributed by atoms with E-state index in [0.29, 0.717) is 29.4 Å². The van der Waals surface area contributed by atoms with Gasteiger partial charge in [-0.15, -0.1) is 0 Å². The minimum Gasteiger partial charge on any atom is -0.283 e. The molecule has 1 saturated carbocycles. The molecule has 27 heavy (non-hydrogen) atoms. The van der Waals surface area contributed by atoms with Crippen LogP contribution in [0.2, 0.25) is 0 Å². The fourth-order valence-electron chi connectivity index (χ4n) is 2.82. The van der Waals surface area contributed by atoms with Crippen molar-refractivity contribution < 1.29 is 12.8 Å². The maximum absolute atomic E-state index is 13.0. The lowest BCUT2D eigenvalue weighted by Crippen LogP contribution is -2.18. The number of rotatable bonds is 7. The summed E-state index contributed by atoms with van der Waals surface area (Å²) < 4.78 is 40.6. The van der Waals surface area contributed by atoms with E-state index in [-0.39, 0.29) is 11.6 Å².